The number of carbonyl (C=O) groups excluding carboxylic acids is 3. The molecule has 3 saturated carbocycles. The van der Waals surface area contributed by atoms with Crippen LogP contribution in [0, 0.1) is 34.0 Å². The van der Waals surface area contributed by atoms with Gasteiger partial charge >= 0.3 is 5.97 Å². The maximum absolute atomic E-state index is 13.9. The predicted molar refractivity (Wildman–Crippen MR) is 185 cm³/mol. The number of hydrogen-bond donors (Lipinski definition) is 2. The molecule has 0 aromatic heterocycles. The van der Waals surface area contributed by atoms with Crippen LogP contribution in [0.4, 0.5) is 0 Å². The largest absolute Gasteiger partial charge is 0.457 e. The molecular formula is C41H56O6. The fourth-order valence-electron chi connectivity index (χ4n) is 10.3. The number of Topliss-reactive ketones (excluding diaryl/α,β-unsaturated/α-hetero) is 1. The molecule has 5 rings (SSSR count). The Morgan fingerprint density at radius 3 is 2.49 bits per heavy atom. The minimum atomic E-state index is -1.67. The molecule has 2 N–H and O–H groups in total. The van der Waals surface area contributed by atoms with Gasteiger partial charge in [-0.2, -0.15) is 0 Å². The van der Waals surface area contributed by atoms with E-state index in [0.29, 0.717) is 32.1 Å². The van der Waals surface area contributed by atoms with Crippen molar-refractivity contribution in [3.63, 3.8) is 0 Å². The van der Waals surface area contributed by atoms with E-state index >= 15 is 0 Å². The number of carbonyl (C=O) groups is 3. The third kappa shape index (κ3) is 6.14. The Hall–Kier alpha value is -2.83. The number of ether oxygens (including phenoxy) is 1. The lowest BCUT2D eigenvalue weighted by atomic mass is 9.45. The van der Waals surface area contributed by atoms with Gasteiger partial charge in [0, 0.05) is 11.8 Å². The average molecular weight is 645 g/mol. The third-order valence-corrected chi connectivity index (χ3v) is 13.3. The zero-order chi connectivity index (χ0) is 34.4. The summed E-state index contributed by atoms with van der Waals surface area (Å²) in [5, 5.41) is 23.9. The molecule has 6 heteroatoms. The van der Waals surface area contributed by atoms with E-state index in [9.17, 15) is 24.6 Å². The molecule has 0 saturated heterocycles. The molecule has 8 atom stereocenters. The molecule has 0 spiro atoms. The van der Waals surface area contributed by atoms with E-state index in [1.807, 2.05) is 58.1 Å². The molecule has 5 aliphatic rings. The van der Waals surface area contributed by atoms with Gasteiger partial charge in [0.2, 0.25) is 5.78 Å². The summed E-state index contributed by atoms with van der Waals surface area (Å²) in [7, 11) is 0. The first-order chi connectivity index (χ1) is 22.1. The second-order valence-electron chi connectivity index (χ2n) is 16.0. The van der Waals surface area contributed by atoms with Crippen molar-refractivity contribution in [3.8, 4) is 0 Å². The summed E-state index contributed by atoms with van der Waals surface area (Å²) >= 11 is 0. The molecule has 0 radical (unpaired) electrons. The van der Waals surface area contributed by atoms with E-state index in [1.54, 1.807) is 0 Å². The predicted octanol–water partition coefficient (Wildman–Crippen LogP) is 7.86. The van der Waals surface area contributed by atoms with Crippen molar-refractivity contribution in [1.82, 2.24) is 0 Å². The van der Waals surface area contributed by atoms with Crippen molar-refractivity contribution in [2.45, 2.75) is 124 Å². The van der Waals surface area contributed by atoms with E-state index in [4.69, 9.17) is 4.74 Å². The number of esters is 1. The quantitative estimate of drug-likeness (QED) is 0.206. The van der Waals surface area contributed by atoms with Crippen LogP contribution in [-0.4, -0.2) is 46.1 Å². The normalized spacial score (nSPS) is 39.5. The van der Waals surface area contributed by atoms with Gasteiger partial charge in [-0.05, 0) is 127 Å². The van der Waals surface area contributed by atoms with E-state index in [1.165, 1.54) is 5.57 Å². The zero-order valence-corrected chi connectivity index (χ0v) is 29.7. The van der Waals surface area contributed by atoms with Gasteiger partial charge in [-0.15, -0.1) is 0 Å². The van der Waals surface area contributed by atoms with Crippen LogP contribution in [0.25, 0.3) is 0 Å². The maximum atomic E-state index is 13.9. The van der Waals surface area contributed by atoms with Gasteiger partial charge in [-0.1, -0.05) is 72.6 Å². The smallest absolute Gasteiger partial charge is 0.316 e. The molecule has 47 heavy (non-hydrogen) atoms. The molecule has 0 bridgehead atoms. The topological polar surface area (TPSA) is 101 Å². The minimum absolute atomic E-state index is 0.00325. The summed E-state index contributed by atoms with van der Waals surface area (Å²) in [5.74, 6) is -0.495. The van der Waals surface area contributed by atoms with Crippen molar-refractivity contribution in [1.29, 1.82) is 0 Å². The second-order valence-corrected chi connectivity index (χ2v) is 16.0. The fourth-order valence-corrected chi connectivity index (χ4v) is 10.3. The highest BCUT2D eigenvalue weighted by Gasteiger charge is 2.68. The second kappa shape index (κ2) is 13.2. The van der Waals surface area contributed by atoms with Gasteiger partial charge in [0.15, 0.2) is 12.4 Å². The number of allylic oxidation sites excluding steroid dienone is 10. The van der Waals surface area contributed by atoms with Gasteiger partial charge in [-0.25, -0.2) is 0 Å². The first kappa shape index (κ1) is 35.5. The Balaban J connectivity index is 1.30. The Morgan fingerprint density at radius 2 is 1.77 bits per heavy atom. The Bertz CT molecular complexity index is 1490. The number of aliphatic hydroxyl groups excluding tert-OH is 1. The monoisotopic (exact) mass is 644 g/mol. The van der Waals surface area contributed by atoms with Gasteiger partial charge in [-0.3, -0.25) is 14.4 Å². The summed E-state index contributed by atoms with van der Waals surface area (Å²) in [4.78, 5) is 40.0. The third-order valence-electron chi connectivity index (χ3n) is 13.3. The van der Waals surface area contributed by atoms with Crippen LogP contribution in [0.2, 0.25) is 0 Å². The lowest BCUT2D eigenvalue weighted by molar-refractivity contribution is -0.185. The molecule has 0 aromatic rings. The van der Waals surface area contributed by atoms with Crippen LogP contribution >= 0.6 is 0 Å². The highest BCUT2D eigenvalue weighted by molar-refractivity contribution is 5.93. The SMILES string of the molecule is C/C=C(C)/C=C/C=C(C)/C=C/C1=C(C)CCCC1(C)C(=O)OCC(=O)[C@@]1(O)CC[C@H]2[C@@H]3CCC4=CC(=O)CC[C@]4(C)[C@H]3[C@@H](O)C[C@@]21C. The Morgan fingerprint density at radius 1 is 1.02 bits per heavy atom. The van der Waals surface area contributed by atoms with Crippen LogP contribution in [0.1, 0.15) is 113 Å². The highest BCUT2D eigenvalue weighted by atomic mass is 16.5. The number of aliphatic hydroxyl groups is 2. The Labute approximate surface area is 281 Å². The van der Waals surface area contributed by atoms with Gasteiger partial charge in [0.05, 0.1) is 11.5 Å². The molecule has 3 fully saturated rings. The van der Waals surface area contributed by atoms with Gasteiger partial charge < -0.3 is 14.9 Å². The summed E-state index contributed by atoms with van der Waals surface area (Å²) in [5.41, 5.74) is 1.85. The molecule has 0 amide bonds. The molecule has 256 valence electrons. The molecule has 1 unspecified atom stereocenters. The summed E-state index contributed by atoms with van der Waals surface area (Å²) in [6.45, 7) is 13.7. The van der Waals surface area contributed by atoms with Gasteiger partial charge in [0.25, 0.3) is 0 Å². The van der Waals surface area contributed by atoms with Crippen LogP contribution in [0.15, 0.2) is 70.4 Å². The first-order valence-corrected chi connectivity index (χ1v) is 17.8. The fraction of sp³-hybridized carbons (Fsp3) is 0.634. The van der Waals surface area contributed by atoms with E-state index in [0.717, 1.165) is 54.4 Å². The highest BCUT2D eigenvalue weighted by Crippen LogP contribution is 2.67. The molecule has 0 aromatic carbocycles. The summed E-state index contributed by atoms with van der Waals surface area (Å²) in [6.07, 6.45) is 19.9. The number of rotatable bonds is 8. The lowest BCUT2D eigenvalue weighted by Gasteiger charge is -2.60. The van der Waals surface area contributed by atoms with Gasteiger partial charge in [0.1, 0.15) is 5.60 Å². The lowest BCUT2D eigenvalue weighted by Crippen LogP contribution is -2.62. The van der Waals surface area contributed by atoms with Crippen molar-refractivity contribution >= 4 is 17.5 Å². The van der Waals surface area contributed by atoms with Crippen molar-refractivity contribution in [2.75, 3.05) is 6.61 Å². The first-order valence-electron chi connectivity index (χ1n) is 17.8. The van der Waals surface area contributed by atoms with E-state index in [-0.39, 0.29) is 29.0 Å². The van der Waals surface area contributed by atoms with Crippen LogP contribution in [0.5, 0.6) is 0 Å². The average Bonchev–Trinajstić information content (AvgIpc) is 3.29. The van der Waals surface area contributed by atoms with Crippen molar-refractivity contribution in [3.05, 3.63) is 70.4 Å². The van der Waals surface area contributed by atoms with Crippen LogP contribution in [-0.2, 0) is 19.1 Å². The van der Waals surface area contributed by atoms with E-state index in [2.05, 4.69) is 32.9 Å². The van der Waals surface area contributed by atoms with Crippen LogP contribution < -0.4 is 0 Å². The molecule has 6 nitrogen and oxygen atoms in total. The summed E-state index contributed by atoms with van der Waals surface area (Å²) < 4.78 is 5.82. The standard InChI is InChI=1S/C41H56O6/c1-8-26(2)11-9-12-27(3)14-17-32-28(4)13-10-20-39(32,6)37(45)47-25-35(44)41(46)22-19-33-31-16-15-29-23-30(42)18-21-38(29,5)36(31)34(43)24-40(33,41)7/h8-9,11-12,14,17,23,31,33-34,36,43,46H,10,13,15-16,18-22,24-25H2,1-7H3/b11-9+,17-14+,26-8+,27-12+/t31-,33-,34-,36+,38-,39?,40-,41-/m0/s1. The minimum Gasteiger partial charge on any atom is -0.457 e. The summed E-state index contributed by atoms with van der Waals surface area (Å²) in [6, 6.07) is 0. The zero-order valence-electron chi connectivity index (χ0n) is 29.7. The maximum Gasteiger partial charge on any atom is 0.316 e. The van der Waals surface area contributed by atoms with Crippen molar-refractivity contribution < 1.29 is 29.3 Å². The molecule has 5 aliphatic carbocycles. The number of ketones is 2. The van der Waals surface area contributed by atoms with Crippen molar-refractivity contribution in [2.24, 2.45) is 34.0 Å². The van der Waals surface area contributed by atoms with Crippen LogP contribution in [0.3, 0.4) is 0 Å². The van der Waals surface area contributed by atoms with E-state index < -0.39 is 40.9 Å². The Kier molecular flexibility index (Phi) is 9.99. The molecule has 0 aliphatic heterocycles. The molecule has 0 heterocycles. The number of fused-ring (bicyclic) bond motifs is 5. The number of hydrogen-bond acceptors (Lipinski definition) is 6. The molecular weight excluding hydrogens is 588 g/mol.